The summed E-state index contributed by atoms with van der Waals surface area (Å²) >= 11 is 7.59. The van der Waals surface area contributed by atoms with E-state index >= 15 is 0 Å². The number of aromatic nitrogens is 1. The number of halogens is 1. The Kier molecular flexibility index (Phi) is 7.06. The van der Waals surface area contributed by atoms with Crippen molar-refractivity contribution in [2.24, 2.45) is 4.99 Å². The normalized spacial score (nSPS) is 11.6. The molecule has 29 heavy (non-hydrogen) atoms. The molecule has 0 unspecified atom stereocenters. The fourth-order valence-corrected chi connectivity index (χ4v) is 4.08. The molecule has 0 spiro atoms. The van der Waals surface area contributed by atoms with Gasteiger partial charge in [-0.2, -0.15) is 4.99 Å². The van der Waals surface area contributed by atoms with E-state index in [0.29, 0.717) is 15.6 Å². The first-order valence-corrected chi connectivity index (χ1v) is 10.4. The fraction of sp³-hybridized carbons (Fsp3) is 0.286. The van der Waals surface area contributed by atoms with E-state index < -0.39 is 5.97 Å². The van der Waals surface area contributed by atoms with Crippen molar-refractivity contribution in [3.63, 3.8) is 0 Å². The highest BCUT2D eigenvalue weighted by molar-refractivity contribution is 7.16. The number of carbonyl (C=O) groups is 2. The number of fused-ring (bicyclic) bond motifs is 1. The van der Waals surface area contributed by atoms with Gasteiger partial charge >= 0.3 is 5.97 Å². The second kappa shape index (κ2) is 9.71. The number of esters is 1. The number of aryl methyl sites for hydroxylation is 1. The zero-order valence-corrected chi connectivity index (χ0v) is 17.8. The summed E-state index contributed by atoms with van der Waals surface area (Å²) in [5, 5.41) is 0.585. The van der Waals surface area contributed by atoms with Crippen LogP contribution in [0.5, 0.6) is 5.75 Å². The lowest BCUT2D eigenvalue weighted by atomic mass is 10.2. The molecule has 1 amide bonds. The molecular weight excluding hydrogens is 412 g/mol. The average Bonchev–Trinajstić information content (AvgIpc) is 3.03. The van der Waals surface area contributed by atoms with Crippen LogP contribution >= 0.6 is 22.9 Å². The summed E-state index contributed by atoms with van der Waals surface area (Å²) in [6.07, 6.45) is 0.127. The van der Waals surface area contributed by atoms with Gasteiger partial charge in [0.05, 0.1) is 29.9 Å². The van der Waals surface area contributed by atoms with E-state index in [0.717, 1.165) is 15.8 Å². The Morgan fingerprint density at radius 1 is 1.17 bits per heavy atom. The molecule has 0 atom stereocenters. The number of ether oxygens (including phenoxy) is 2. The molecule has 3 rings (SSSR count). The predicted molar refractivity (Wildman–Crippen MR) is 113 cm³/mol. The molecule has 6 nitrogen and oxygen atoms in total. The van der Waals surface area contributed by atoms with Crippen molar-refractivity contribution < 1.29 is 19.1 Å². The van der Waals surface area contributed by atoms with Crippen LogP contribution in [0.25, 0.3) is 10.2 Å². The molecule has 0 aliphatic rings. The van der Waals surface area contributed by atoms with E-state index in [4.69, 9.17) is 21.1 Å². The van der Waals surface area contributed by atoms with Crippen LogP contribution in [0.1, 0.15) is 18.9 Å². The number of thiazole rings is 1. The molecule has 0 aliphatic carbocycles. The van der Waals surface area contributed by atoms with Crippen molar-refractivity contribution in [3.8, 4) is 5.75 Å². The Labute approximate surface area is 177 Å². The van der Waals surface area contributed by atoms with E-state index in [2.05, 4.69) is 4.99 Å². The minimum atomic E-state index is -0.395. The third-order valence-corrected chi connectivity index (χ3v) is 5.62. The van der Waals surface area contributed by atoms with E-state index in [1.807, 2.05) is 43.3 Å². The van der Waals surface area contributed by atoms with Gasteiger partial charge < -0.3 is 14.0 Å². The summed E-state index contributed by atoms with van der Waals surface area (Å²) in [5.41, 5.74) is 1.61. The number of hydrogen-bond acceptors (Lipinski definition) is 5. The third kappa shape index (κ3) is 5.25. The predicted octanol–water partition coefficient (Wildman–Crippen LogP) is 4.12. The number of nitrogens with zero attached hydrogens (tertiary/aromatic N) is 2. The van der Waals surface area contributed by atoms with Gasteiger partial charge in [-0.05, 0) is 43.7 Å². The first kappa shape index (κ1) is 21.1. The number of hydrogen-bond donors (Lipinski definition) is 0. The smallest absolute Gasteiger partial charge is 0.326 e. The second-order valence-corrected chi connectivity index (χ2v) is 7.63. The Hall–Kier alpha value is -2.64. The Morgan fingerprint density at radius 3 is 2.66 bits per heavy atom. The van der Waals surface area contributed by atoms with Gasteiger partial charge in [-0.15, -0.1) is 0 Å². The van der Waals surface area contributed by atoms with Gasteiger partial charge in [0.15, 0.2) is 4.80 Å². The summed E-state index contributed by atoms with van der Waals surface area (Å²) in [4.78, 5) is 29.2. The molecule has 0 N–H and O–H groups in total. The van der Waals surface area contributed by atoms with Gasteiger partial charge in [0.1, 0.15) is 12.3 Å². The first-order chi connectivity index (χ1) is 14.0. The van der Waals surface area contributed by atoms with Gasteiger partial charge in [-0.25, -0.2) is 0 Å². The minimum Gasteiger partial charge on any atom is -0.493 e. The fourth-order valence-electron chi connectivity index (χ4n) is 2.82. The maximum absolute atomic E-state index is 12.4. The third-order valence-electron chi connectivity index (χ3n) is 4.17. The minimum absolute atomic E-state index is 0.0400. The van der Waals surface area contributed by atoms with Crippen molar-refractivity contribution in [3.05, 3.63) is 57.9 Å². The van der Waals surface area contributed by atoms with Gasteiger partial charge in [-0.3, -0.25) is 9.59 Å². The molecule has 1 aromatic heterocycles. The molecule has 3 aromatic rings. The Morgan fingerprint density at radius 2 is 1.93 bits per heavy atom. The molecule has 1 heterocycles. The van der Waals surface area contributed by atoms with Gasteiger partial charge in [0.25, 0.3) is 5.91 Å². The van der Waals surface area contributed by atoms with Crippen LogP contribution in [0.3, 0.4) is 0 Å². The average molecular weight is 433 g/mol. The summed E-state index contributed by atoms with van der Waals surface area (Å²) in [5.74, 6) is -0.0217. The highest BCUT2D eigenvalue weighted by Gasteiger charge is 2.15. The van der Waals surface area contributed by atoms with Gasteiger partial charge in [0, 0.05) is 5.02 Å². The van der Waals surface area contributed by atoms with Crippen molar-refractivity contribution in [1.29, 1.82) is 0 Å². The Balaban J connectivity index is 1.87. The molecule has 152 valence electrons. The first-order valence-electron chi connectivity index (χ1n) is 9.19. The standard InChI is InChI=1S/C21H21ClN2O4S/c1-3-27-19(26)13-24-20-14(2)16(22)9-10-17(20)29-21(24)23-18(25)11-12-28-15-7-5-4-6-8-15/h4-10H,3,11-13H2,1-2H3. The van der Waals surface area contributed by atoms with Crippen LogP contribution in [-0.2, 0) is 20.9 Å². The van der Waals surface area contributed by atoms with Crippen molar-refractivity contribution in [2.75, 3.05) is 13.2 Å². The molecule has 0 radical (unpaired) electrons. The SMILES string of the molecule is CCOC(=O)Cn1c(=NC(=O)CCOc2ccccc2)sc2ccc(Cl)c(C)c21. The molecule has 0 aliphatic heterocycles. The maximum Gasteiger partial charge on any atom is 0.326 e. The van der Waals surface area contributed by atoms with E-state index in [9.17, 15) is 9.59 Å². The summed E-state index contributed by atoms with van der Waals surface area (Å²) in [7, 11) is 0. The molecule has 2 aromatic carbocycles. The van der Waals surface area contributed by atoms with Crippen molar-refractivity contribution in [1.82, 2.24) is 4.57 Å². The summed E-state index contributed by atoms with van der Waals surface area (Å²) < 4.78 is 13.2. The number of amides is 1. The lowest BCUT2D eigenvalue weighted by Crippen LogP contribution is -2.23. The maximum atomic E-state index is 12.4. The van der Waals surface area contributed by atoms with Crippen LogP contribution in [0.2, 0.25) is 5.02 Å². The van der Waals surface area contributed by atoms with Crippen LogP contribution in [0.15, 0.2) is 47.5 Å². The monoisotopic (exact) mass is 432 g/mol. The highest BCUT2D eigenvalue weighted by Crippen LogP contribution is 2.27. The summed E-state index contributed by atoms with van der Waals surface area (Å²) in [6, 6.07) is 12.9. The topological polar surface area (TPSA) is 69.9 Å². The molecule has 0 fully saturated rings. The Bertz CT molecular complexity index is 1090. The zero-order valence-electron chi connectivity index (χ0n) is 16.2. The van der Waals surface area contributed by atoms with E-state index in [1.165, 1.54) is 11.3 Å². The molecule has 0 saturated carbocycles. The van der Waals surface area contributed by atoms with Crippen molar-refractivity contribution in [2.45, 2.75) is 26.8 Å². The summed E-state index contributed by atoms with van der Waals surface area (Å²) in [6.45, 7) is 4.08. The van der Waals surface area contributed by atoms with E-state index in [1.54, 1.807) is 17.6 Å². The zero-order chi connectivity index (χ0) is 20.8. The number of benzene rings is 2. The molecule has 0 saturated heterocycles. The molecular formula is C21H21ClN2O4S. The van der Waals surface area contributed by atoms with Crippen LogP contribution < -0.4 is 9.54 Å². The molecule has 8 heteroatoms. The van der Waals surface area contributed by atoms with Crippen molar-refractivity contribution >= 4 is 45.0 Å². The van der Waals surface area contributed by atoms with E-state index in [-0.39, 0.29) is 32.1 Å². The van der Waals surface area contributed by atoms with Gasteiger partial charge in [-0.1, -0.05) is 41.1 Å². The second-order valence-electron chi connectivity index (χ2n) is 6.21. The quantitative estimate of drug-likeness (QED) is 0.526. The number of para-hydroxylation sites is 1. The number of carbonyl (C=O) groups excluding carboxylic acids is 2. The molecule has 0 bridgehead atoms. The lowest BCUT2D eigenvalue weighted by Gasteiger charge is -2.08. The van der Waals surface area contributed by atoms with Crippen LogP contribution in [0, 0.1) is 6.92 Å². The van der Waals surface area contributed by atoms with Crippen LogP contribution in [-0.4, -0.2) is 29.7 Å². The van der Waals surface area contributed by atoms with Gasteiger partial charge in [0.2, 0.25) is 0 Å². The highest BCUT2D eigenvalue weighted by atomic mass is 35.5. The largest absolute Gasteiger partial charge is 0.493 e. The van der Waals surface area contributed by atoms with Crippen LogP contribution in [0.4, 0.5) is 0 Å². The number of rotatable bonds is 7. The lowest BCUT2D eigenvalue weighted by molar-refractivity contribution is -0.143.